The van der Waals surface area contributed by atoms with Crippen LogP contribution in [0, 0.1) is 18.3 Å². The van der Waals surface area contributed by atoms with Gasteiger partial charge in [0, 0.05) is 12.6 Å². The maximum absolute atomic E-state index is 13.1. The minimum absolute atomic E-state index is 0.120. The minimum atomic E-state index is -0.668. The molecule has 0 saturated carbocycles. The molecule has 8 nitrogen and oxygen atoms in total. The molecule has 1 atom stereocenters. The van der Waals surface area contributed by atoms with Crippen LogP contribution in [0.5, 0.6) is 11.5 Å². The first-order valence-corrected chi connectivity index (χ1v) is 10.7. The summed E-state index contributed by atoms with van der Waals surface area (Å²) in [6, 6.07) is 16.6. The molecule has 0 spiro atoms. The first-order chi connectivity index (χ1) is 16.3. The van der Waals surface area contributed by atoms with E-state index in [1.807, 2.05) is 49.4 Å². The number of nitrogens with zero attached hydrogens (tertiary/aromatic N) is 3. The molecular weight excluding hydrogens is 432 g/mol. The lowest BCUT2D eigenvalue weighted by Gasteiger charge is -2.24. The normalized spacial score (nSPS) is 15.0. The zero-order chi connectivity index (χ0) is 24.4. The van der Waals surface area contributed by atoms with Crippen LogP contribution in [0.15, 0.2) is 70.5 Å². The van der Waals surface area contributed by atoms with Crippen molar-refractivity contribution in [1.29, 1.82) is 5.26 Å². The molecule has 1 aliphatic heterocycles. The van der Waals surface area contributed by atoms with E-state index in [0.29, 0.717) is 28.5 Å². The fourth-order valence-corrected chi connectivity index (χ4v) is 3.84. The fraction of sp³-hybridized carbons (Fsp3) is 0.192. The zero-order valence-corrected chi connectivity index (χ0v) is 19.3. The lowest BCUT2D eigenvalue weighted by atomic mass is 10.00. The molecule has 0 bridgehead atoms. The van der Waals surface area contributed by atoms with Crippen LogP contribution in [0.4, 0.5) is 5.69 Å². The van der Waals surface area contributed by atoms with Gasteiger partial charge < -0.3 is 14.8 Å². The molecule has 1 N–H and O–H groups in total. The number of amides is 1. The average Bonchev–Trinajstić information content (AvgIpc) is 3.05. The number of para-hydroxylation sites is 2. The van der Waals surface area contributed by atoms with Crippen LogP contribution < -0.4 is 20.3 Å². The fourth-order valence-electron chi connectivity index (χ4n) is 3.84. The maximum Gasteiger partial charge on any atom is 0.295 e. The van der Waals surface area contributed by atoms with Crippen LogP contribution in [0.2, 0.25) is 0 Å². The molecule has 2 aromatic carbocycles. The molecule has 1 unspecified atom stereocenters. The molecule has 4 rings (SSSR count). The molecule has 172 valence electrons. The number of ether oxygens (including phenoxy) is 2. The van der Waals surface area contributed by atoms with E-state index in [9.17, 15) is 14.9 Å². The highest BCUT2D eigenvalue weighted by Crippen LogP contribution is 2.38. The molecule has 0 aliphatic carbocycles. The van der Waals surface area contributed by atoms with Gasteiger partial charge in [-0.2, -0.15) is 5.26 Å². The Balaban J connectivity index is 1.67. The summed E-state index contributed by atoms with van der Waals surface area (Å²) in [6.07, 6.45) is 2.93. The first-order valence-electron chi connectivity index (χ1n) is 10.7. The number of methoxy groups -OCH3 is 1. The Labute approximate surface area is 196 Å². The van der Waals surface area contributed by atoms with Crippen LogP contribution in [0.1, 0.15) is 18.2 Å². The van der Waals surface area contributed by atoms with Gasteiger partial charge >= 0.3 is 0 Å². The number of anilines is 1. The molecular formula is C26H24N4O4. The molecule has 0 radical (unpaired) electrons. The van der Waals surface area contributed by atoms with Gasteiger partial charge in [0.1, 0.15) is 23.4 Å². The number of fused-ring (bicyclic) bond motifs is 1. The summed E-state index contributed by atoms with van der Waals surface area (Å²) >= 11 is 0. The number of hydrogen-bond acceptors (Lipinski definition) is 5. The van der Waals surface area contributed by atoms with Gasteiger partial charge in [0.2, 0.25) is 0 Å². The lowest BCUT2D eigenvalue weighted by Crippen LogP contribution is -2.24. The van der Waals surface area contributed by atoms with Crippen LogP contribution in [-0.4, -0.2) is 28.5 Å². The maximum atomic E-state index is 13.1. The van der Waals surface area contributed by atoms with E-state index < -0.39 is 12.0 Å². The van der Waals surface area contributed by atoms with Gasteiger partial charge in [-0.25, -0.2) is 4.68 Å². The SMILES string of the molecule is COc1cccc2c1OC(C)C(C=C(C#N)C(=O)Nc1c(C)n(C)n(-c3ccccc3)c1=O)=C2. The Morgan fingerprint density at radius 3 is 2.62 bits per heavy atom. The summed E-state index contributed by atoms with van der Waals surface area (Å²) in [5.74, 6) is 0.549. The van der Waals surface area contributed by atoms with Gasteiger partial charge in [-0.15, -0.1) is 0 Å². The number of nitrogens with one attached hydrogen (secondary N) is 1. The Morgan fingerprint density at radius 1 is 1.21 bits per heavy atom. The number of nitriles is 1. The summed E-state index contributed by atoms with van der Waals surface area (Å²) in [6.45, 7) is 3.56. The second-order valence-electron chi connectivity index (χ2n) is 7.84. The molecule has 0 saturated heterocycles. The Bertz CT molecular complexity index is 1420. The van der Waals surface area contributed by atoms with Crippen molar-refractivity contribution in [2.45, 2.75) is 20.0 Å². The van der Waals surface area contributed by atoms with Gasteiger partial charge in [-0.1, -0.05) is 30.3 Å². The quantitative estimate of drug-likeness (QED) is 0.466. The van der Waals surface area contributed by atoms with Crippen molar-refractivity contribution < 1.29 is 14.3 Å². The third-order valence-corrected chi connectivity index (χ3v) is 5.78. The Kier molecular flexibility index (Phi) is 6.11. The van der Waals surface area contributed by atoms with Crippen molar-refractivity contribution in [1.82, 2.24) is 9.36 Å². The summed E-state index contributed by atoms with van der Waals surface area (Å²) in [5, 5.41) is 12.3. The van der Waals surface area contributed by atoms with Crippen molar-refractivity contribution >= 4 is 17.7 Å². The summed E-state index contributed by atoms with van der Waals surface area (Å²) in [5.41, 5.74) is 2.27. The van der Waals surface area contributed by atoms with Crippen molar-refractivity contribution in [2.75, 3.05) is 12.4 Å². The topological polar surface area (TPSA) is 98.3 Å². The van der Waals surface area contributed by atoms with Crippen molar-refractivity contribution in [3.05, 3.63) is 87.4 Å². The van der Waals surface area contributed by atoms with E-state index in [0.717, 1.165) is 5.56 Å². The Hall–Kier alpha value is -4.51. The second kappa shape index (κ2) is 9.16. The molecule has 1 aliphatic rings. The molecule has 34 heavy (non-hydrogen) atoms. The van der Waals surface area contributed by atoms with E-state index in [4.69, 9.17) is 9.47 Å². The van der Waals surface area contributed by atoms with Crippen molar-refractivity contribution in [2.24, 2.45) is 7.05 Å². The molecule has 0 fully saturated rings. The number of hydrogen-bond donors (Lipinski definition) is 1. The number of benzene rings is 2. The number of aromatic nitrogens is 2. The van der Waals surface area contributed by atoms with Crippen LogP contribution >= 0.6 is 0 Å². The van der Waals surface area contributed by atoms with E-state index in [1.54, 1.807) is 44.0 Å². The predicted molar refractivity (Wildman–Crippen MR) is 129 cm³/mol. The van der Waals surface area contributed by atoms with Crippen LogP contribution in [-0.2, 0) is 11.8 Å². The van der Waals surface area contributed by atoms with Gasteiger partial charge in [-0.05, 0) is 49.8 Å². The van der Waals surface area contributed by atoms with Crippen LogP contribution in [0.3, 0.4) is 0 Å². The highest BCUT2D eigenvalue weighted by molar-refractivity contribution is 6.07. The second-order valence-corrected chi connectivity index (χ2v) is 7.84. The van der Waals surface area contributed by atoms with E-state index in [-0.39, 0.29) is 16.8 Å². The monoisotopic (exact) mass is 456 g/mol. The third kappa shape index (κ3) is 3.99. The summed E-state index contributed by atoms with van der Waals surface area (Å²) < 4.78 is 14.5. The average molecular weight is 457 g/mol. The van der Waals surface area contributed by atoms with Gasteiger partial charge in [-0.3, -0.25) is 14.3 Å². The molecule has 1 amide bonds. The zero-order valence-electron chi connectivity index (χ0n) is 19.3. The standard InChI is InChI=1S/C26H24N4O4/c1-16-23(26(32)30(29(16)3)21-10-6-5-7-11-21)28-25(31)20(15-27)14-19-13-18-9-8-12-22(33-4)24(18)34-17(19)2/h5-14,17H,1-4H3,(H,28,31). The third-order valence-electron chi connectivity index (χ3n) is 5.78. The van der Waals surface area contributed by atoms with Crippen LogP contribution in [0.25, 0.3) is 11.8 Å². The smallest absolute Gasteiger partial charge is 0.295 e. The molecule has 2 heterocycles. The Morgan fingerprint density at radius 2 is 1.94 bits per heavy atom. The predicted octanol–water partition coefficient (Wildman–Crippen LogP) is 3.75. The van der Waals surface area contributed by atoms with Gasteiger partial charge in [0.15, 0.2) is 11.5 Å². The highest BCUT2D eigenvalue weighted by atomic mass is 16.5. The van der Waals surface area contributed by atoms with Crippen molar-refractivity contribution in [3.63, 3.8) is 0 Å². The lowest BCUT2D eigenvalue weighted by molar-refractivity contribution is -0.112. The highest BCUT2D eigenvalue weighted by Gasteiger charge is 2.24. The molecule has 3 aromatic rings. The summed E-state index contributed by atoms with van der Waals surface area (Å²) in [4.78, 5) is 26.1. The van der Waals surface area contributed by atoms with E-state index in [2.05, 4.69) is 5.32 Å². The number of carbonyl (C=O) groups excluding carboxylic acids is 1. The minimum Gasteiger partial charge on any atom is -0.493 e. The first kappa shape index (κ1) is 22.7. The van der Waals surface area contributed by atoms with E-state index >= 15 is 0 Å². The molecule has 8 heteroatoms. The van der Waals surface area contributed by atoms with Gasteiger partial charge in [0.05, 0.1) is 18.5 Å². The van der Waals surface area contributed by atoms with Crippen molar-refractivity contribution in [3.8, 4) is 23.3 Å². The molecule has 1 aromatic heterocycles. The van der Waals surface area contributed by atoms with E-state index in [1.165, 1.54) is 10.8 Å². The van der Waals surface area contributed by atoms with Gasteiger partial charge in [0.25, 0.3) is 11.5 Å². The summed E-state index contributed by atoms with van der Waals surface area (Å²) in [7, 11) is 3.30. The number of rotatable bonds is 5. The largest absolute Gasteiger partial charge is 0.493 e. The number of carbonyl (C=O) groups is 1.